The molecule has 0 aromatic carbocycles. The lowest BCUT2D eigenvalue weighted by atomic mass is 9.98. The summed E-state index contributed by atoms with van der Waals surface area (Å²) in [4.78, 5) is 11.4. The van der Waals surface area contributed by atoms with E-state index in [-0.39, 0.29) is 17.7 Å². The first kappa shape index (κ1) is 12.6. The monoisotopic (exact) mass is 186 g/mol. The van der Waals surface area contributed by atoms with E-state index in [4.69, 9.17) is 11.5 Å². The third-order valence-corrected chi connectivity index (χ3v) is 2.15. The Balaban J connectivity index is 3.50. The number of hydrogen-bond acceptors (Lipinski definition) is 3. The first-order valence-corrected chi connectivity index (χ1v) is 5.09. The van der Waals surface area contributed by atoms with Crippen molar-refractivity contribution in [1.29, 1.82) is 0 Å². The zero-order chi connectivity index (χ0) is 10.3. The Labute approximate surface area is 80.9 Å². The van der Waals surface area contributed by atoms with Crippen LogP contribution in [0.3, 0.4) is 0 Å². The van der Waals surface area contributed by atoms with Gasteiger partial charge in [-0.05, 0) is 19.4 Å². The Morgan fingerprint density at radius 2 is 1.85 bits per heavy atom. The fraction of sp³-hybridized carbons (Fsp3) is 0.900. The smallest absolute Gasteiger partial charge is 0.152 e. The fourth-order valence-corrected chi connectivity index (χ4v) is 1.26. The van der Waals surface area contributed by atoms with Crippen molar-refractivity contribution in [2.45, 2.75) is 45.6 Å². The van der Waals surface area contributed by atoms with Crippen molar-refractivity contribution in [1.82, 2.24) is 0 Å². The molecule has 1 atom stereocenters. The zero-order valence-corrected chi connectivity index (χ0v) is 8.75. The van der Waals surface area contributed by atoms with Crippen LogP contribution in [-0.2, 0) is 4.79 Å². The molecule has 0 saturated heterocycles. The first-order valence-electron chi connectivity index (χ1n) is 5.09. The number of rotatable bonds is 7. The van der Waals surface area contributed by atoms with Crippen LogP contribution in [0.15, 0.2) is 0 Å². The van der Waals surface area contributed by atoms with E-state index in [0.717, 1.165) is 32.2 Å². The van der Waals surface area contributed by atoms with Crippen molar-refractivity contribution in [3.05, 3.63) is 0 Å². The Hall–Kier alpha value is -0.410. The van der Waals surface area contributed by atoms with Gasteiger partial charge in [-0.15, -0.1) is 0 Å². The minimum absolute atomic E-state index is 0.0597. The van der Waals surface area contributed by atoms with Gasteiger partial charge >= 0.3 is 0 Å². The van der Waals surface area contributed by atoms with Crippen molar-refractivity contribution in [2.24, 2.45) is 17.4 Å². The normalized spacial score (nSPS) is 13.3. The number of unbranched alkanes of at least 4 members (excludes halogenated alkanes) is 2. The van der Waals surface area contributed by atoms with Crippen molar-refractivity contribution in [2.75, 3.05) is 6.54 Å². The molecule has 78 valence electrons. The van der Waals surface area contributed by atoms with Crippen LogP contribution in [0.2, 0.25) is 0 Å². The molecular formula is C10H22N2O. The van der Waals surface area contributed by atoms with Gasteiger partial charge in [0.2, 0.25) is 0 Å². The van der Waals surface area contributed by atoms with Crippen LogP contribution in [0.25, 0.3) is 0 Å². The van der Waals surface area contributed by atoms with E-state index in [1.54, 1.807) is 0 Å². The molecule has 0 bridgehead atoms. The highest BCUT2D eigenvalue weighted by atomic mass is 16.1. The summed E-state index contributed by atoms with van der Waals surface area (Å²) in [5, 5.41) is 0. The average molecular weight is 186 g/mol. The highest BCUT2D eigenvalue weighted by molar-refractivity contribution is 5.85. The molecule has 3 nitrogen and oxygen atoms in total. The van der Waals surface area contributed by atoms with Gasteiger partial charge in [0.15, 0.2) is 5.78 Å². The van der Waals surface area contributed by atoms with Crippen LogP contribution in [0, 0.1) is 5.92 Å². The molecular weight excluding hydrogens is 164 g/mol. The molecule has 0 aromatic rings. The third-order valence-electron chi connectivity index (χ3n) is 2.15. The lowest BCUT2D eigenvalue weighted by molar-refractivity contribution is -0.123. The second-order valence-corrected chi connectivity index (χ2v) is 3.80. The minimum Gasteiger partial charge on any atom is -0.330 e. The average Bonchev–Trinajstić information content (AvgIpc) is 2.10. The van der Waals surface area contributed by atoms with Crippen LogP contribution in [-0.4, -0.2) is 18.4 Å². The summed E-state index contributed by atoms with van der Waals surface area (Å²) < 4.78 is 0. The highest BCUT2D eigenvalue weighted by Crippen LogP contribution is 2.06. The van der Waals surface area contributed by atoms with Crippen molar-refractivity contribution in [3.8, 4) is 0 Å². The van der Waals surface area contributed by atoms with Gasteiger partial charge in [-0.2, -0.15) is 0 Å². The number of carbonyl (C=O) groups excluding carboxylic acids is 1. The van der Waals surface area contributed by atoms with E-state index in [0.29, 0.717) is 0 Å². The van der Waals surface area contributed by atoms with Gasteiger partial charge in [0.1, 0.15) is 0 Å². The van der Waals surface area contributed by atoms with E-state index in [1.165, 1.54) is 0 Å². The van der Waals surface area contributed by atoms with Gasteiger partial charge in [-0.1, -0.05) is 26.7 Å². The van der Waals surface area contributed by atoms with Crippen LogP contribution in [0.1, 0.15) is 39.5 Å². The maximum absolute atomic E-state index is 11.4. The molecule has 3 heteroatoms. The Kier molecular flexibility index (Phi) is 6.82. The van der Waals surface area contributed by atoms with Crippen LogP contribution in [0.4, 0.5) is 0 Å². The lowest BCUT2D eigenvalue weighted by Gasteiger charge is -2.12. The summed E-state index contributed by atoms with van der Waals surface area (Å²) in [6.45, 7) is 4.51. The fourth-order valence-electron chi connectivity index (χ4n) is 1.26. The Bertz CT molecular complexity index is 146. The zero-order valence-electron chi connectivity index (χ0n) is 8.75. The number of carbonyl (C=O) groups is 1. The molecule has 0 spiro atoms. The molecule has 0 aliphatic heterocycles. The molecule has 0 unspecified atom stereocenters. The van der Waals surface area contributed by atoms with Crippen molar-refractivity contribution in [3.63, 3.8) is 0 Å². The molecule has 13 heavy (non-hydrogen) atoms. The predicted molar refractivity (Wildman–Crippen MR) is 55.3 cm³/mol. The number of hydrogen-bond donors (Lipinski definition) is 2. The number of Topliss-reactive ketones (excluding diaryl/α,β-unsaturated/α-hetero) is 1. The highest BCUT2D eigenvalue weighted by Gasteiger charge is 2.15. The Morgan fingerprint density at radius 3 is 2.31 bits per heavy atom. The maximum Gasteiger partial charge on any atom is 0.152 e. The summed E-state index contributed by atoms with van der Waals surface area (Å²) in [5.74, 6) is 0.234. The van der Waals surface area contributed by atoms with Gasteiger partial charge in [0, 0.05) is 5.92 Å². The summed E-state index contributed by atoms with van der Waals surface area (Å²) >= 11 is 0. The Morgan fingerprint density at radius 1 is 1.23 bits per heavy atom. The van der Waals surface area contributed by atoms with E-state index in [9.17, 15) is 4.79 Å². The molecule has 0 rings (SSSR count). The first-order chi connectivity index (χ1) is 6.09. The standard InChI is InChI=1S/C10H22N2O/c1-8(2)10(13)9(12)6-4-3-5-7-11/h8-9H,3-7,11-12H2,1-2H3/t9-/m0/s1. The van der Waals surface area contributed by atoms with E-state index in [1.807, 2.05) is 13.8 Å². The van der Waals surface area contributed by atoms with E-state index in [2.05, 4.69) is 0 Å². The maximum atomic E-state index is 11.4. The molecule has 0 saturated carbocycles. The van der Waals surface area contributed by atoms with Gasteiger partial charge in [-0.25, -0.2) is 0 Å². The predicted octanol–water partition coefficient (Wildman–Crippen LogP) is 1.06. The van der Waals surface area contributed by atoms with Crippen molar-refractivity contribution < 1.29 is 4.79 Å². The summed E-state index contributed by atoms with van der Waals surface area (Å²) in [5.41, 5.74) is 11.1. The second-order valence-electron chi connectivity index (χ2n) is 3.80. The molecule has 0 amide bonds. The summed E-state index contributed by atoms with van der Waals surface area (Å²) in [7, 11) is 0. The summed E-state index contributed by atoms with van der Waals surface area (Å²) in [6, 6.07) is -0.266. The van der Waals surface area contributed by atoms with E-state index < -0.39 is 0 Å². The lowest BCUT2D eigenvalue weighted by Crippen LogP contribution is -2.33. The number of nitrogens with two attached hydrogens (primary N) is 2. The SMILES string of the molecule is CC(C)C(=O)[C@@H](N)CCCCCN. The molecule has 0 radical (unpaired) electrons. The van der Waals surface area contributed by atoms with Gasteiger partial charge < -0.3 is 11.5 Å². The molecule has 0 aliphatic carbocycles. The van der Waals surface area contributed by atoms with E-state index >= 15 is 0 Å². The molecule has 0 aliphatic rings. The van der Waals surface area contributed by atoms with Crippen LogP contribution in [0.5, 0.6) is 0 Å². The van der Waals surface area contributed by atoms with Crippen LogP contribution >= 0.6 is 0 Å². The number of ketones is 1. The van der Waals surface area contributed by atoms with Crippen LogP contribution < -0.4 is 11.5 Å². The quantitative estimate of drug-likeness (QED) is 0.584. The molecule has 0 fully saturated rings. The molecule has 0 aromatic heterocycles. The van der Waals surface area contributed by atoms with Crippen molar-refractivity contribution >= 4 is 5.78 Å². The topological polar surface area (TPSA) is 69.1 Å². The molecule has 4 N–H and O–H groups in total. The van der Waals surface area contributed by atoms with Gasteiger partial charge in [0.25, 0.3) is 0 Å². The largest absolute Gasteiger partial charge is 0.330 e. The van der Waals surface area contributed by atoms with Gasteiger partial charge in [-0.3, -0.25) is 4.79 Å². The second kappa shape index (κ2) is 7.04. The minimum atomic E-state index is -0.266. The summed E-state index contributed by atoms with van der Waals surface area (Å²) in [6.07, 6.45) is 3.92. The van der Waals surface area contributed by atoms with Gasteiger partial charge in [0.05, 0.1) is 6.04 Å². The third kappa shape index (κ3) is 5.77. The molecule has 0 heterocycles.